The Kier molecular flexibility index (Phi) is 1.77. The van der Waals surface area contributed by atoms with Gasteiger partial charge < -0.3 is 10.4 Å². The second-order valence-corrected chi connectivity index (χ2v) is 4.36. The van der Waals surface area contributed by atoms with Crippen molar-refractivity contribution in [1.82, 2.24) is 5.32 Å². The third kappa shape index (κ3) is 1.07. The Labute approximate surface area is 84.0 Å². The van der Waals surface area contributed by atoms with Crippen LogP contribution in [0.25, 0.3) is 0 Å². The Morgan fingerprint density at radius 1 is 1.36 bits per heavy atom. The number of aromatic hydroxyl groups is 1. The number of phenolic OH excluding ortho intramolecular Hbond substituents is 1. The highest BCUT2D eigenvalue weighted by Crippen LogP contribution is 2.39. The average molecular weight is 189 g/mol. The Morgan fingerprint density at radius 3 is 3.21 bits per heavy atom. The van der Waals surface area contributed by atoms with Gasteiger partial charge in [-0.15, -0.1) is 0 Å². The Morgan fingerprint density at radius 2 is 2.29 bits per heavy atom. The summed E-state index contributed by atoms with van der Waals surface area (Å²) in [5.41, 5.74) is 4.07. The fourth-order valence-corrected chi connectivity index (χ4v) is 2.88. The molecule has 0 radical (unpaired) electrons. The maximum atomic E-state index is 9.80. The van der Waals surface area contributed by atoms with E-state index >= 15 is 0 Å². The quantitative estimate of drug-likeness (QED) is 0.653. The van der Waals surface area contributed by atoms with Gasteiger partial charge in [-0.2, -0.15) is 0 Å². The molecule has 1 atom stereocenters. The molecule has 0 bridgehead atoms. The highest BCUT2D eigenvalue weighted by atomic mass is 16.3. The summed E-state index contributed by atoms with van der Waals surface area (Å²) in [4.78, 5) is 0. The zero-order chi connectivity index (χ0) is 9.54. The van der Waals surface area contributed by atoms with Crippen LogP contribution < -0.4 is 5.32 Å². The van der Waals surface area contributed by atoms with Crippen LogP contribution in [0.15, 0.2) is 12.1 Å². The maximum Gasteiger partial charge on any atom is 0.119 e. The van der Waals surface area contributed by atoms with Crippen LogP contribution in [-0.4, -0.2) is 11.7 Å². The smallest absolute Gasteiger partial charge is 0.119 e. The summed E-state index contributed by atoms with van der Waals surface area (Å²) in [6.07, 6.45) is 3.55. The first-order valence-electron chi connectivity index (χ1n) is 5.40. The number of nitrogens with one attached hydrogen (secondary N) is 1. The summed E-state index contributed by atoms with van der Waals surface area (Å²) < 4.78 is 0. The standard InChI is InChI=1S/C12H15NO/c14-11-5-4-9-7-13-6-8-2-1-3-10(11)12(8)9/h4-5,8,13-14H,1-3,6-7H2. The topological polar surface area (TPSA) is 32.3 Å². The minimum Gasteiger partial charge on any atom is -0.508 e. The van der Waals surface area contributed by atoms with E-state index in [1.54, 1.807) is 0 Å². The molecule has 2 heteroatoms. The fraction of sp³-hybridized carbons (Fsp3) is 0.500. The molecule has 2 nitrogen and oxygen atoms in total. The van der Waals surface area contributed by atoms with E-state index in [4.69, 9.17) is 0 Å². The van der Waals surface area contributed by atoms with Crippen LogP contribution in [0.3, 0.4) is 0 Å². The third-order valence-corrected chi connectivity index (χ3v) is 3.52. The second kappa shape index (κ2) is 2.99. The molecule has 0 saturated heterocycles. The molecule has 14 heavy (non-hydrogen) atoms. The van der Waals surface area contributed by atoms with E-state index < -0.39 is 0 Å². The molecule has 1 aliphatic carbocycles. The highest BCUT2D eigenvalue weighted by Gasteiger charge is 2.27. The summed E-state index contributed by atoms with van der Waals surface area (Å²) >= 11 is 0. The van der Waals surface area contributed by atoms with Crippen LogP contribution in [0.1, 0.15) is 35.4 Å². The van der Waals surface area contributed by atoms with E-state index in [9.17, 15) is 5.11 Å². The Hall–Kier alpha value is -1.02. The van der Waals surface area contributed by atoms with Crippen LogP contribution in [0.5, 0.6) is 5.75 Å². The van der Waals surface area contributed by atoms with Crippen molar-refractivity contribution in [1.29, 1.82) is 0 Å². The highest BCUT2D eigenvalue weighted by molar-refractivity contribution is 5.48. The van der Waals surface area contributed by atoms with E-state index in [0.717, 1.165) is 19.5 Å². The molecule has 74 valence electrons. The molecule has 0 aromatic heterocycles. The molecular weight excluding hydrogens is 174 g/mol. The lowest BCUT2D eigenvalue weighted by atomic mass is 9.78. The minimum atomic E-state index is 0.510. The van der Waals surface area contributed by atoms with Gasteiger partial charge >= 0.3 is 0 Å². The Bertz CT molecular complexity index is 371. The Balaban J connectivity index is 2.22. The van der Waals surface area contributed by atoms with Gasteiger partial charge in [0.2, 0.25) is 0 Å². The minimum absolute atomic E-state index is 0.510. The van der Waals surface area contributed by atoms with Gasteiger partial charge in [-0.25, -0.2) is 0 Å². The first-order chi connectivity index (χ1) is 6.86. The summed E-state index contributed by atoms with van der Waals surface area (Å²) in [5, 5.41) is 13.2. The zero-order valence-electron chi connectivity index (χ0n) is 8.21. The molecule has 2 N–H and O–H groups in total. The third-order valence-electron chi connectivity index (χ3n) is 3.52. The summed E-state index contributed by atoms with van der Waals surface area (Å²) in [5.74, 6) is 1.16. The van der Waals surface area contributed by atoms with Gasteiger partial charge in [0.15, 0.2) is 0 Å². The predicted octanol–water partition coefficient (Wildman–Crippen LogP) is 1.92. The largest absolute Gasteiger partial charge is 0.508 e. The van der Waals surface area contributed by atoms with Gasteiger partial charge in [0.05, 0.1) is 0 Å². The van der Waals surface area contributed by atoms with Crippen LogP contribution in [0.2, 0.25) is 0 Å². The van der Waals surface area contributed by atoms with Crippen molar-refractivity contribution in [3.63, 3.8) is 0 Å². The van der Waals surface area contributed by atoms with Crippen LogP contribution >= 0.6 is 0 Å². The summed E-state index contributed by atoms with van der Waals surface area (Å²) in [6, 6.07) is 3.92. The van der Waals surface area contributed by atoms with Crippen molar-refractivity contribution in [2.75, 3.05) is 6.54 Å². The molecule has 1 heterocycles. The molecule has 0 saturated carbocycles. The molecular formula is C12H15NO. The molecule has 1 aromatic rings. The van der Waals surface area contributed by atoms with E-state index in [0.29, 0.717) is 11.7 Å². The molecule has 2 aliphatic rings. The van der Waals surface area contributed by atoms with Crippen molar-refractivity contribution >= 4 is 0 Å². The monoisotopic (exact) mass is 189 g/mol. The number of hydrogen-bond donors (Lipinski definition) is 2. The molecule has 0 spiro atoms. The summed E-state index contributed by atoms with van der Waals surface area (Å²) in [7, 11) is 0. The van der Waals surface area contributed by atoms with Gasteiger partial charge in [-0.1, -0.05) is 6.07 Å². The average Bonchev–Trinajstić information content (AvgIpc) is 2.24. The van der Waals surface area contributed by atoms with Crippen LogP contribution in [0, 0.1) is 0 Å². The molecule has 1 aliphatic heterocycles. The van der Waals surface area contributed by atoms with Crippen molar-refractivity contribution < 1.29 is 5.11 Å². The second-order valence-electron chi connectivity index (χ2n) is 4.36. The van der Waals surface area contributed by atoms with Crippen LogP contribution in [0.4, 0.5) is 0 Å². The van der Waals surface area contributed by atoms with Crippen LogP contribution in [-0.2, 0) is 13.0 Å². The maximum absolute atomic E-state index is 9.80. The SMILES string of the molecule is Oc1ccc2c3c1CCCC3CNC2. The number of phenols is 1. The van der Waals surface area contributed by atoms with E-state index in [2.05, 4.69) is 11.4 Å². The lowest BCUT2D eigenvalue weighted by molar-refractivity contribution is 0.435. The zero-order valence-corrected chi connectivity index (χ0v) is 8.21. The van der Waals surface area contributed by atoms with E-state index in [-0.39, 0.29) is 0 Å². The van der Waals surface area contributed by atoms with E-state index in [1.807, 2.05) is 6.07 Å². The van der Waals surface area contributed by atoms with Crippen molar-refractivity contribution in [3.8, 4) is 5.75 Å². The molecule has 3 rings (SSSR count). The number of benzene rings is 1. The van der Waals surface area contributed by atoms with Gasteiger partial charge in [-0.05, 0) is 47.9 Å². The number of hydrogen-bond acceptors (Lipinski definition) is 2. The van der Waals surface area contributed by atoms with Crippen molar-refractivity contribution in [2.45, 2.75) is 31.7 Å². The fourth-order valence-electron chi connectivity index (χ4n) is 2.88. The van der Waals surface area contributed by atoms with Gasteiger partial charge in [0, 0.05) is 13.1 Å². The predicted molar refractivity (Wildman–Crippen MR) is 55.5 cm³/mol. The molecule has 1 aromatic carbocycles. The van der Waals surface area contributed by atoms with Gasteiger partial charge in [-0.3, -0.25) is 0 Å². The summed E-state index contributed by atoms with van der Waals surface area (Å²) in [6.45, 7) is 2.06. The van der Waals surface area contributed by atoms with Gasteiger partial charge in [0.25, 0.3) is 0 Å². The lowest BCUT2D eigenvalue weighted by Crippen LogP contribution is -2.31. The van der Waals surface area contributed by atoms with Gasteiger partial charge in [0.1, 0.15) is 5.75 Å². The lowest BCUT2D eigenvalue weighted by Gasteiger charge is -2.32. The molecule has 1 unspecified atom stereocenters. The van der Waals surface area contributed by atoms with E-state index in [1.165, 1.54) is 29.5 Å². The molecule has 0 amide bonds. The van der Waals surface area contributed by atoms with Crippen molar-refractivity contribution in [3.05, 3.63) is 28.8 Å². The number of rotatable bonds is 0. The first kappa shape index (κ1) is 8.30. The first-order valence-corrected chi connectivity index (χ1v) is 5.40. The normalized spacial score (nSPS) is 24.4. The van der Waals surface area contributed by atoms with Crippen molar-refractivity contribution in [2.24, 2.45) is 0 Å². The molecule has 0 fully saturated rings.